The molecule has 0 fully saturated rings. The molecule has 0 saturated carbocycles. The molecule has 2 aromatic heterocycles. The molecule has 0 atom stereocenters. The zero-order valence-corrected chi connectivity index (χ0v) is 16.2. The Labute approximate surface area is 151 Å². The van der Waals surface area contributed by atoms with Crippen molar-refractivity contribution in [3.05, 3.63) is 28.2 Å². The van der Waals surface area contributed by atoms with Gasteiger partial charge in [0.15, 0.2) is 5.96 Å². The molecule has 0 aliphatic heterocycles. The van der Waals surface area contributed by atoms with Crippen molar-refractivity contribution in [3.8, 4) is 0 Å². The highest BCUT2D eigenvalue weighted by atomic mass is 127. The maximum Gasteiger partial charge on any atom is 0.192 e. The van der Waals surface area contributed by atoms with E-state index in [1.54, 1.807) is 22.3 Å². The minimum atomic E-state index is 0. The van der Waals surface area contributed by atoms with Crippen molar-refractivity contribution in [3.63, 3.8) is 0 Å². The number of aliphatic imine (C=N–C) groups is 1. The minimum absolute atomic E-state index is 0. The summed E-state index contributed by atoms with van der Waals surface area (Å²) in [4.78, 5) is 13.2. The Balaban J connectivity index is 0.00000242. The predicted octanol–water partition coefficient (Wildman–Crippen LogP) is 1.71. The van der Waals surface area contributed by atoms with Gasteiger partial charge in [-0.25, -0.2) is 15.0 Å². The molecule has 2 heterocycles. The highest BCUT2D eigenvalue weighted by Crippen LogP contribution is 2.10. The fraction of sp³-hybridized carbons (Fsp3) is 0.538. The van der Waals surface area contributed by atoms with Crippen LogP contribution in [0.3, 0.4) is 0 Å². The average Bonchev–Trinajstić information content (AvgIpc) is 3.11. The van der Waals surface area contributed by atoms with Crippen LogP contribution in [-0.2, 0) is 26.6 Å². The van der Waals surface area contributed by atoms with Crippen molar-refractivity contribution in [2.45, 2.75) is 33.4 Å². The van der Waals surface area contributed by atoms with Crippen molar-refractivity contribution < 1.29 is 0 Å². The summed E-state index contributed by atoms with van der Waals surface area (Å²) in [5, 5.41) is 13.7. The number of nitrogens with one attached hydrogen (secondary N) is 2. The molecule has 2 aromatic rings. The Kier molecular flexibility index (Phi) is 8.31. The van der Waals surface area contributed by atoms with Crippen molar-refractivity contribution in [2.75, 3.05) is 6.54 Å². The molecule has 2 rings (SSSR count). The summed E-state index contributed by atoms with van der Waals surface area (Å²) in [6, 6.07) is 0. The van der Waals surface area contributed by atoms with Gasteiger partial charge in [-0.2, -0.15) is 5.10 Å². The number of guanidine groups is 1. The van der Waals surface area contributed by atoms with E-state index in [-0.39, 0.29) is 24.0 Å². The third-order valence-electron chi connectivity index (χ3n) is 2.86. The van der Waals surface area contributed by atoms with Gasteiger partial charge in [0.2, 0.25) is 0 Å². The lowest BCUT2D eigenvalue weighted by atomic mass is 10.4. The van der Waals surface area contributed by atoms with Crippen LogP contribution < -0.4 is 10.6 Å². The van der Waals surface area contributed by atoms with Crippen molar-refractivity contribution in [2.24, 2.45) is 12.0 Å². The van der Waals surface area contributed by atoms with E-state index >= 15 is 0 Å². The summed E-state index contributed by atoms with van der Waals surface area (Å²) >= 11 is 1.69. The lowest BCUT2D eigenvalue weighted by Gasteiger charge is -2.10. The van der Waals surface area contributed by atoms with Crippen molar-refractivity contribution in [1.29, 1.82) is 0 Å². The molecule has 0 radical (unpaired) electrons. The van der Waals surface area contributed by atoms with E-state index < -0.39 is 0 Å². The standard InChI is InChI=1S/C13H21N7S.HI/c1-4-12-19-10(8-21-12)6-15-13(14-5-2)16-7-11-17-9-18-20(11)3;/h8-9H,4-7H2,1-3H3,(H2,14,15,16);1H. The smallest absolute Gasteiger partial charge is 0.192 e. The topological polar surface area (TPSA) is 80.0 Å². The van der Waals surface area contributed by atoms with Crippen LogP contribution in [0, 0.1) is 0 Å². The highest BCUT2D eigenvalue weighted by Gasteiger charge is 2.04. The molecular formula is C13H22IN7S. The number of hydrogen-bond donors (Lipinski definition) is 2. The maximum atomic E-state index is 4.54. The molecule has 0 aliphatic rings. The van der Waals surface area contributed by atoms with E-state index in [2.05, 4.69) is 43.0 Å². The number of aryl methyl sites for hydroxylation is 2. The van der Waals surface area contributed by atoms with Gasteiger partial charge in [0.05, 0.1) is 23.8 Å². The van der Waals surface area contributed by atoms with Crippen LogP contribution in [0.2, 0.25) is 0 Å². The fourth-order valence-corrected chi connectivity index (χ4v) is 2.46. The molecule has 0 aromatic carbocycles. The van der Waals surface area contributed by atoms with Crippen molar-refractivity contribution >= 4 is 41.3 Å². The lowest BCUT2D eigenvalue weighted by molar-refractivity contribution is 0.673. The van der Waals surface area contributed by atoms with Crippen LogP contribution in [0.4, 0.5) is 0 Å². The number of halogens is 1. The molecule has 2 N–H and O–H groups in total. The fourth-order valence-electron chi connectivity index (χ4n) is 1.73. The molecule has 22 heavy (non-hydrogen) atoms. The number of hydrogen-bond acceptors (Lipinski definition) is 5. The first kappa shape index (κ1) is 18.8. The van der Waals surface area contributed by atoms with E-state index in [0.29, 0.717) is 13.1 Å². The molecule has 0 amide bonds. The van der Waals surface area contributed by atoms with Gasteiger partial charge in [-0.15, -0.1) is 35.3 Å². The van der Waals surface area contributed by atoms with Crippen LogP contribution in [0.15, 0.2) is 16.7 Å². The van der Waals surface area contributed by atoms with Gasteiger partial charge in [-0.1, -0.05) is 6.92 Å². The number of aromatic nitrogens is 4. The Bertz CT molecular complexity index is 593. The molecule has 0 aliphatic carbocycles. The first-order valence-corrected chi connectivity index (χ1v) is 7.89. The Hall–Kier alpha value is -1.23. The number of nitrogens with zero attached hydrogens (tertiary/aromatic N) is 5. The normalized spacial score (nSPS) is 11.1. The summed E-state index contributed by atoms with van der Waals surface area (Å²) in [5.41, 5.74) is 1.01. The van der Waals surface area contributed by atoms with Crippen LogP contribution in [0.1, 0.15) is 30.4 Å². The third-order valence-corrected chi connectivity index (χ3v) is 3.91. The minimum Gasteiger partial charge on any atom is -0.357 e. The molecule has 0 saturated heterocycles. The van der Waals surface area contributed by atoms with Gasteiger partial charge in [0, 0.05) is 19.0 Å². The van der Waals surface area contributed by atoms with Gasteiger partial charge in [0.1, 0.15) is 12.2 Å². The maximum absolute atomic E-state index is 4.54. The largest absolute Gasteiger partial charge is 0.357 e. The molecule has 122 valence electrons. The van der Waals surface area contributed by atoms with Gasteiger partial charge < -0.3 is 10.6 Å². The van der Waals surface area contributed by atoms with E-state index in [1.165, 1.54) is 0 Å². The first-order valence-electron chi connectivity index (χ1n) is 7.01. The van der Waals surface area contributed by atoms with Crippen LogP contribution >= 0.6 is 35.3 Å². The van der Waals surface area contributed by atoms with E-state index in [9.17, 15) is 0 Å². The van der Waals surface area contributed by atoms with Gasteiger partial charge in [0.25, 0.3) is 0 Å². The summed E-state index contributed by atoms with van der Waals surface area (Å²) in [6.45, 7) is 6.11. The van der Waals surface area contributed by atoms with Crippen LogP contribution in [-0.4, -0.2) is 32.3 Å². The second kappa shape index (κ2) is 9.72. The predicted molar refractivity (Wildman–Crippen MR) is 99.6 cm³/mol. The highest BCUT2D eigenvalue weighted by molar-refractivity contribution is 14.0. The summed E-state index contributed by atoms with van der Waals surface area (Å²) in [7, 11) is 1.87. The summed E-state index contributed by atoms with van der Waals surface area (Å²) in [5.74, 6) is 1.62. The lowest BCUT2D eigenvalue weighted by Crippen LogP contribution is -2.37. The van der Waals surface area contributed by atoms with Crippen molar-refractivity contribution in [1.82, 2.24) is 30.4 Å². The van der Waals surface area contributed by atoms with Gasteiger partial charge in [-0.05, 0) is 13.3 Å². The summed E-state index contributed by atoms with van der Waals surface area (Å²) < 4.78 is 1.74. The summed E-state index contributed by atoms with van der Waals surface area (Å²) in [6.07, 6.45) is 2.52. The average molecular weight is 435 g/mol. The molecule has 0 spiro atoms. The van der Waals surface area contributed by atoms with Gasteiger partial charge in [-0.3, -0.25) is 4.68 Å². The Morgan fingerprint density at radius 1 is 1.36 bits per heavy atom. The van der Waals surface area contributed by atoms with E-state index in [1.807, 2.05) is 14.0 Å². The van der Waals surface area contributed by atoms with Gasteiger partial charge >= 0.3 is 0 Å². The second-order valence-corrected chi connectivity index (χ2v) is 5.38. The zero-order valence-electron chi connectivity index (χ0n) is 13.0. The quantitative estimate of drug-likeness (QED) is 0.410. The third kappa shape index (κ3) is 5.52. The zero-order chi connectivity index (χ0) is 15.1. The van der Waals surface area contributed by atoms with E-state index in [0.717, 1.165) is 35.5 Å². The first-order chi connectivity index (χ1) is 10.2. The Morgan fingerprint density at radius 3 is 2.77 bits per heavy atom. The van der Waals surface area contributed by atoms with Crippen LogP contribution in [0.5, 0.6) is 0 Å². The Morgan fingerprint density at radius 2 is 2.18 bits per heavy atom. The molecule has 0 bridgehead atoms. The second-order valence-electron chi connectivity index (χ2n) is 4.43. The van der Waals surface area contributed by atoms with E-state index in [4.69, 9.17) is 0 Å². The molecule has 0 unspecified atom stereocenters. The monoisotopic (exact) mass is 435 g/mol. The molecule has 7 nitrogen and oxygen atoms in total. The number of rotatable bonds is 6. The molecule has 9 heteroatoms. The number of thiazole rings is 1. The molecular weight excluding hydrogens is 413 g/mol. The van der Waals surface area contributed by atoms with Crippen LogP contribution in [0.25, 0.3) is 0 Å². The SMILES string of the molecule is CCNC(=NCc1csc(CC)n1)NCc1ncnn1C.I.